The molecule has 0 saturated carbocycles. The average Bonchev–Trinajstić information content (AvgIpc) is 2.66. The average molecular weight is 256 g/mol. The van der Waals surface area contributed by atoms with Gasteiger partial charge in [0.2, 0.25) is 0 Å². The Morgan fingerprint density at radius 2 is 1.74 bits per heavy atom. The molecule has 19 heavy (non-hydrogen) atoms. The second kappa shape index (κ2) is 4.65. The zero-order valence-corrected chi connectivity index (χ0v) is 12.2. The molecule has 0 radical (unpaired) electrons. The van der Waals surface area contributed by atoms with E-state index in [1.165, 1.54) is 5.56 Å². The Balaban J connectivity index is 2.33. The lowest BCUT2D eigenvalue weighted by molar-refractivity contribution is 0.103. The summed E-state index contributed by atoms with van der Waals surface area (Å²) in [5.74, 6) is 0.0334. The van der Waals surface area contributed by atoms with E-state index in [2.05, 4.69) is 25.9 Å². The van der Waals surface area contributed by atoms with Gasteiger partial charge in [-0.25, -0.2) is 0 Å². The molecule has 0 N–H and O–H groups in total. The first-order chi connectivity index (χ1) is 8.79. The summed E-state index contributed by atoms with van der Waals surface area (Å²) >= 11 is 0. The van der Waals surface area contributed by atoms with Crippen LogP contribution < -0.4 is 0 Å². The summed E-state index contributed by atoms with van der Waals surface area (Å²) in [6, 6.07) is 7.85. The van der Waals surface area contributed by atoms with Gasteiger partial charge in [0.05, 0.1) is 11.3 Å². The molecule has 0 aliphatic carbocycles. The molecular weight excluding hydrogens is 236 g/mol. The van der Waals surface area contributed by atoms with Crippen molar-refractivity contribution in [2.75, 3.05) is 0 Å². The smallest absolute Gasteiger partial charge is 0.196 e. The van der Waals surface area contributed by atoms with Gasteiger partial charge in [0.25, 0.3) is 0 Å². The van der Waals surface area contributed by atoms with Gasteiger partial charge in [-0.15, -0.1) is 0 Å². The number of aromatic nitrogens is 2. The van der Waals surface area contributed by atoms with Crippen LogP contribution in [-0.2, 0) is 12.5 Å². The normalized spacial score (nSPS) is 11.6. The fourth-order valence-electron chi connectivity index (χ4n) is 2.10. The quantitative estimate of drug-likeness (QED) is 0.773. The number of hydrogen-bond acceptors (Lipinski definition) is 2. The van der Waals surface area contributed by atoms with Crippen LogP contribution >= 0.6 is 0 Å². The van der Waals surface area contributed by atoms with E-state index in [4.69, 9.17) is 0 Å². The molecule has 0 fully saturated rings. The van der Waals surface area contributed by atoms with Crippen molar-refractivity contribution in [1.82, 2.24) is 9.78 Å². The number of carbonyl (C=O) groups is 1. The summed E-state index contributed by atoms with van der Waals surface area (Å²) in [6.07, 6.45) is 1.77. The zero-order chi connectivity index (χ0) is 14.2. The highest BCUT2D eigenvalue weighted by molar-refractivity contribution is 6.09. The van der Waals surface area contributed by atoms with Crippen LogP contribution in [0.25, 0.3) is 0 Å². The second-order valence-corrected chi connectivity index (χ2v) is 5.96. The standard InChI is InChI=1S/C16H20N2O/c1-11-14(10-18(5)17-11)15(19)12-6-8-13(9-7-12)16(2,3)4/h6-10H,1-5H3. The predicted molar refractivity (Wildman–Crippen MR) is 76.5 cm³/mol. The molecule has 3 heteroatoms. The maximum atomic E-state index is 12.4. The Hall–Kier alpha value is -1.90. The molecule has 100 valence electrons. The van der Waals surface area contributed by atoms with Gasteiger partial charge in [-0.1, -0.05) is 45.0 Å². The Morgan fingerprint density at radius 3 is 2.16 bits per heavy atom. The Morgan fingerprint density at radius 1 is 1.16 bits per heavy atom. The minimum atomic E-state index is 0.0334. The van der Waals surface area contributed by atoms with Crippen molar-refractivity contribution in [3.05, 3.63) is 52.8 Å². The summed E-state index contributed by atoms with van der Waals surface area (Å²) in [5.41, 5.74) is 3.49. The van der Waals surface area contributed by atoms with Crippen LogP contribution in [0.3, 0.4) is 0 Å². The van der Waals surface area contributed by atoms with Crippen LogP contribution in [-0.4, -0.2) is 15.6 Å². The molecule has 0 unspecified atom stereocenters. The molecule has 1 aromatic carbocycles. The van der Waals surface area contributed by atoms with E-state index in [0.29, 0.717) is 11.1 Å². The van der Waals surface area contributed by atoms with Crippen molar-refractivity contribution in [2.45, 2.75) is 33.1 Å². The zero-order valence-electron chi connectivity index (χ0n) is 12.2. The highest BCUT2D eigenvalue weighted by Gasteiger charge is 2.17. The summed E-state index contributed by atoms with van der Waals surface area (Å²) in [5, 5.41) is 4.21. The number of benzene rings is 1. The van der Waals surface area contributed by atoms with Gasteiger partial charge in [0, 0.05) is 18.8 Å². The summed E-state index contributed by atoms with van der Waals surface area (Å²) in [4.78, 5) is 12.4. The third-order valence-corrected chi connectivity index (χ3v) is 3.27. The summed E-state index contributed by atoms with van der Waals surface area (Å²) in [6.45, 7) is 8.34. The van der Waals surface area contributed by atoms with Crippen molar-refractivity contribution in [3.8, 4) is 0 Å². The lowest BCUT2D eigenvalue weighted by Gasteiger charge is -2.18. The molecule has 0 aliphatic rings. The first-order valence-electron chi connectivity index (χ1n) is 6.44. The number of ketones is 1. The fraction of sp³-hybridized carbons (Fsp3) is 0.375. The van der Waals surface area contributed by atoms with Gasteiger partial charge < -0.3 is 0 Å². The number of hydrogen-bond donors (Lipinski definition) is 0. The largest absolute Gasteiger partial charge is 0.288 e. The molecule has 0 atom stereocenters. The second-order valence-electron chi connectivity index (χ2n) is 5.96. The molecule has 0 aliphatic heterocycles. The van der Waals surface area contributed by atoms with E-state index < -0.39 is 0 Å². The van der Waals surface area contributed by atoms with Crippen molar-refractivity contribution < 1.29 is 4.79 Å². The monoisotopic (exact) mass is 256 g/mol. The van der Waals surface area contributed by atoms with E-state index in [9.17, 15) is 4.79 Å². The number of carbonyl (C=O) groups excluding carboxylic acids is 1. The molecular formula is C16H20N2O. The first-order valence-corrected chi connectivity index (χ1v) is 6.44. The van der Waals surface area contributed by atoms with Crippen molar-refractivity contribution in [3.63, 3.8) is 0 Å². The van der Waals surface area contributed by atoms with Crippen LogP contribution in [0.5, 0.6) is 0 Å². The third kappa shape index (κ3) is 2.75. The number of rotatable bonds is 2. The first kappa shape index (κ1) is 13.5. The maximum absolute atomic E-state index is 12.4. The highest BCUT2D eigenvalue weighted by Crippen LogP contribution is 2.23. The lowest BCUT2D eigenvalue weighted by atomic mass is 9.86. The van der Waals surface area contributed by atoms with Gasteiger partial charge >= 0.3 is 0 Å². The highest BCUT2D eigenvalue weighted by atomic mass is 16.1. The summed E-state index contributed by atoms with van der Waals surface area (Å²) < 4.78 is 1.67. The Bertz CT molecular complexity index is 601. The minimum absolute atomic E-state index is 0.0334. The molecule has 0 amide bonds. The Kier molecular flexibility index (Phi) is 3.31. The molecule has 1 aromatic heterocycles. The minimum Gasteiger partial charge on any atom is -0.288 e. The van der Waals surface area contributed by atoms with Gasteiger partial charge in [0.1, 0.15) is 0 Å². The van der Waals surface area contributed by atoms with Crippen LogP contribution in [0.15, 0.2) is 30.5 Å². The van der Waals surface area contributed by atoms with Crippen molar-refractivity contribution in [1.29, 1.82) is 0 Å². The van der Waals surface area contributed by atoms with E-state index in [1.54, 1.807) is 10.9 Å². The van der Waals surface area contributed by atoms with Crippen molar-refractivity contribution >= 4 is 5.78 Å². The SMILES string of the molecule is Cc1nn(C)cc1C(=O)c1ccc(C(C)(C)C)cc1. The van der Waals surface area contributed by atoms with Crippen LogP contribution in [0.1, 0.15) is 48.0 Å². The molecule has 2 rings (SSSR count). The lowest BCUT2D eigenvalue weighted by Crippen LogP contribution is -2.11. The van der Waals surface area contributed by atoms with Crippen LogP contribution in [0.4, 0.5) is 0 Å². The van der Waals surface area contributed by atoms with Crippen LogP contribution in [0, 0.1) is 6.92 Å². The van der Waals surface area contributed by atoms with E-state index in [1.807, 2.05) is 38.2 Å². The van der Waals surface area contributed by atoms with Crippen LogP contribution in [0.2, 0.25) is 0 Å². The van der Waals surface area contributed by atoms with E-state index >= 15 is 0 Å². The number of nitrogens with zero attached hydrogens (tertiary/aromatic N) is 2. The van der Waals surface area contributed by atoms with Crippen molar-refractivity contribution in [2.24, 2.45) is 7.05 Å². The molecule has 0 saturated heterocycles. The third-order valence-electron chi connectivity index (χ3n) is 3.27. The molecule has 0 bridgehead atoms. The van der Waals surface area contributed by atoms with Gasteiger partial charge in [-0.2, -0.15) is 5.10 Å². The van der Waals surface area contributed by atoms with Gasteiger partial charge in [-0.3, -0.25) is 9.48 Å². The van der Waals surface area contributed by atoms with E-state index in [0.717, 1.165) is 5.69 Å². The number of aryl methyl sites for hydroxylation is 2. The molecule has 0 spiro atoms. The van der Waals surface area contributed by atoms with E-state index in [-0.39, 0.29) is 11.2 Å². The Labute approximate surface area is 114 Å². The summed E-state index contributed by atoms with van der Waals surface area (Å²) in [7, 11) is 1.83. The molecule has 3 nitrogen and oxygen atoms in total. The fourth-order valence-corrected chi connectivity index (χ4v) is 2.10. The predicted octanol–water partition coefficient (Wildman–Crippen LogP) is 3.26. The van der Waals surface area contributed by atoms with Gasteiger partial charge in [-0.05, 0) is 17.9 Å². The topological polar surface area (TPSA) is 34.9 Å². The molecule has 2 aromatic rings. The maximum Gasteiger partial charge on any atom is 0.196 e. The molecule has 1 heterocycles. The van der Waals surface area contributed by atoms with Gasteiger partial charge in [0.15, 0.2) is 5.78 Å².